The molecule has 3 aliphatic rings. The number of likely N-dealkylation sites (tertiary alicyclic amines) is 2. The average molecular weight is 386 g/mol. The second kappa shape index (κ2) is 6.17. The first-order valence-electron chi connectivity index (χ1n) is 10.3. The Labute approximate surface area is 168 Å². The fourth-order valence-corrected chi connectivity index (χ4v) is 5.60. The average Bonchev–Trinajstić information content (AvgIpc) is 3.48. The van der Waals surface area contributed by atoms with E-state index in [1.165, 1.54) is 11.1 Å². The molecule has 29 heavy (non-hydrogen) atoms. The Morgan fingerprint density at radius 2 is 1.69 bits per heavy atom. The Balaban J connectivity index is 1.26. The van der Waals surface area contributed by atoms with Gasteiger partial charge in [0.25, 0.3) is 5.91 Å². The fourth-order valence-electron chi connectivity index (χ4n) is 5.60. The van der Waals surface area contributed by atoms with Gasteiger partial charge in [0.1, 0.15) is 0 Å². The molecule has 0 bridgehead atoms. The number of fused-ring (bicyclic) bond motifs is 3. The van der Waals surface area contributed by atoms with Crippen LogP contribution in [0.3, 0.4) is 0 Å². The summed E-state index contributed by atoms with van der Waals surface area (Å²) in [5.74, 6) is 0.113. The molecule has 0 radical (unpaired) electrons. The summed E-state index contributed by atoms with van der Waals surface area (Å²) in [4.78, 5) is 30.2. The molecule has 1 aromatic heterocycles. The number of carbonyl (C=O) groups excluding carboxylic acids is 2. The standard InChI is InChI=1S/C23H22N4O2/c28-21-13-20-19(27(21)16-11-14-5-1-2-6-15(14)12-16)9-10-26(20)23(29)22-17-7-3-4-8-18(17)24-25-22/h1-8,16,19-20H,9-13H2,(H,24,25)/t19-,20-/m0/s1. The van der Waals surface area contributed by atoms with Crippen molar-refractivity contribution >= 4 is 22.7 Å². The Kier molecular flexibility index (Phi) is 3.57. The third kappa shape index (κ3) is 2.44. The summed E-state index contributed by atoms with van der Waals surface area (Å²) in [7, 11) is 0. The Hall–Kier alpha value is -3.15. The first-order chi connectivity index (χ1) is 14.2. The number of H-pyrrole nitrogens is 1. The van der Waals surface area contributed by atoms with Gasteiger partial charge in [-0.1, -0.05) is 42.5 Å². The summed E-state index contributed by atoms with van der Waals surface area (Å²) < 4.78 is 0. The van der Waals surface area contributed by atoms with Crippen LogP contribution >= 0.6 is 0 Å². The molecule has 2 saturated heterocycles. The number of aromatic amines is 1. The minimum Gasteiger partial charge on any atom is -0.334 e. The maximum Gasteiger partial charge on any atom is 0.275 e. The number of carbonyl (C=O) groups is 2. The van der Waals surface area contributed by atoms with E-state index in [9.17, 15) is 9.59 Å². The van der Waals surface area contributed by atoms with Gasteiger partial charge in [0.05, 0.1) is 17.6 Å². The highest BCUT2D eigenvalue weighted by molar-refractivity contribution is 6.05. The van der Waals surface area contributed by atoms with Crippen molar-refractivity contribution in [2.24, 2.45) is 0 Å². The quantitative estimate of drug-likeness (QED) is 0.736. The van der Waals surface area contributed by atoms with Crippen molar-refractivity contribution in [2.45, 2.75) is 43.8 Å². The highest BCUT2D eigenvalue weighted by Gasteiger charge is 2.51. The molecule has 6 nitrogen and oxygen atoms in total. The molecule has 2 atom stereocenters. The highest BCUT2D eigenvalue weighted by Crippen LogP contribution is 2.38. The van der Waals surface area contributed by atoms with Gasteiger partial charge in [0, 0.05) is 24.4 Å². The minimum absolute atomic E-state index is 0.0471. The predicted octanol–water partition coefficient (Wildman–Crippen LogP) is 2.55. The van der Waals surface area contributed by atoms with E-state index >= 15 is 0 Å². The normalized spacial score (nSPS) is 23.8. The van der Waals surface area contributed by atoms with E-state index in [1.807, 2.05) is 29.2 Å². The molecular formula is C23H22N4O2. The number of amides is 2. The first kappa shape index (κ1) is 16.8. The van der Waals surface area contributed by atoms with Gasteiger partial charge in [-0.2, -0.15) is 5.10 Å². The molecule has 3 aromatic rings. The summed E-state index contributed by atoms with van der Waals surface area (Å²) in [6.45, 7) is 0.679. The number of aromatic nitrogens is 2. The second-order valence-corrected chi connectivity index (χ2v) is 8.38. The SMILES string of the molecule is O=C(c1n[nH]c2ccccc12)N1CC[C@H]2[C@@H]1CC(=O)N2C1Cc2ccccc2C1. The molecule has 0 saturated carbocycles. The van der Waals surface area contributed by atoms with Gasteiger partial charge >= 0.3 is 0 Å². The molecule has 2 aromatic carbocycles. The lowest BCUT2D eigenvalue weighted by atomic mass is 10.1. The Bertz CT molecular complexity index is 1110. The van der Waals surface area contributed by atoms with E-state index in [-0.39, 0.29) is 29.9 Å². The molecule has 2 aliphatic heterocycles. The van der Waals surface area contributed by atoms with Crippen molar-refractivity contribution in [3.05, 3.63) is 65.4 Å². The maximum atomic E-state index is 13.3. The van der Waals surface area contributed by atoms with Crippen LogP contribution in [0.15, 0.2) is 48.5 Å². The van der Waals surface area contributed by atoms with Crippen molar-refractivity contribution in [3.63, 3.8) is 0 Å². The van der Waals surface area contributed by atoms with Gasteiger partial charge in [0.2, 0.25) is 5.91 Å². The third-order valence-corrected chi connectivity index (χ3v) is 6.90. The maximum absolute atomic E-state index is 13.3. The lowest BCUT2D eigenvalue weighted by Gasteiger charge is -2.30. The van der Waals surface area contributed by atoms with Gasteiger partial charge < -0.3 is 9.80 Å². The molecule has 2 amide bonds. The van der Waals surface area contributed by atoms with Crippen LogP contribution in [0.25, 0.3) is 10.9 Å². The Morgan fingerprint density at radius 3 is 2.48 bits per heavy atom. The van der Waals surface area contributed by atoms with Gasteiger partial charge in [-0.3, -0.25) is 14.7 Å². The smallest absolute Gasteiger partial charge is 0.275 e. The summed E-state index contributed by atoms with van der Waals surface area (Å²) in [6.07, 6.45) is 3.11. The zero-order valence-electron chi connectivity index (χ0n) is 16.0. The molecule has 3 heterocycles. The van der Waals surface area contributed by atoms with Crippen LogP contribution in [0.2, 0.25) is 0 Å². The summed E-state index contributed by atoms with van der Waals surface area (Å²) >= 11 is 0. The topological polar surface area (TPSA) is 69.3 Å². The van der Waals surface area contributed by atoms with Crippen LogP contribution in [0.1, 0.15) is 34.5 Å². The van der Waals surface area contributed by atoms with Crippen molar-refractivity contribution in [1.82, 2.24) is 20.0 Å². The number of hydrogen-bond acceptors (Lipinski definition) is 3. The van der Waals surface area contributed by atoms with Crippen molar-refractivity contribution in [3.8, 4) is 0 Å². The lowest BCUT2D eigenvalue weighted by Crippen LogP contribution is -2.45. The molecule has 6 heteroatoms. The Morgan fingerprint density at radius 1 is 0.966 bits per heavy atom. The molecular weight excluding hydrogens is 364 g/mol. The summed E-state index contributed by atoms with van der Waals surface area (Å²) in [6, 6.07) is 16.4. The molecule has 0 spiro atoms. The van der Waals surface area contributed by atoms with E-state index in [0.29, 0.717) is 18.7 Å². The monoisotopic (exact) mass is 386 g/mol. The third-order valence-electron chi connectivity index (χ3n) is 6.90. The number of nitrogens with zero attached hydrogens (tertiary/aromatic N) is 3. The van der Waals surface area contributed by atoms with Crippen molar-refractivity contribution in [2.75, 3.05) is 6.54 Å². The van der Waals surface area contributed by atoms with E-state index in [4.69, 9.17) is 0 Å². The van der Waals surface area contributed by atoms with Crippen LogP contribution < -0.4 is 0 Å². The van der Waals surface area contributed by atoms with E-state index in [0.717, 1.165) is 30.2 Å². The second-order valence-electron chi connectivity index (χ2n) is 8.38. The van der Waals surface area contributed by atoms with Crippen LogP contribution in [0.5, 0.6) is 0 Å². The summed E-state index contributed by atoms with van der Waals surface area (Å²) in [5, 5.41) is 8.07. The van der Waals surface area contributed by atoms with Crippen LogP contribution in [0.4, 0.5) is 0 Å². The molecule has 1 aliphatic carbocycles. The zero-order chi connectivity index (χ0) is 19.5. The zero-order valence-corrected chi connectivity index (χ0v) is 16.0. The lowest BCUT2D eigenvalue weighted by molar-refractivity contribution is -0.131. The van der Waals surface area contributed by atoms with Gasteiger partial charge in [-0.15, -0.1) is 0 Å². The van der Waals surface area contributed by atoms with Crippen molar-refractivity contribution < 1.29 is 9.59 Å². The van der Waals surface area contributed by atoms with Gasteiger partial charge in [-0.05, 0) is 36.5 Å². The van der Waals surface area contributed by atoms with Crippen LogP contribution in [0, 0.1) is 0 Å². The van der Waals surface area contributed by atoms with Crippen LogP contribution in [-0.4, -0.2) is 56.5 Å². The fraction of sp³-hybridized carbons (Fsp3) is 0.348. The number of hydrogen-bond donors (Lipinski definition) is 1. The highest BCUT2D eigenvalue weighted by atomic mass is 16.2. The van der Waals surface area contributed by atoms with Crippen LogP contribution in [-0.2, 0) is 17.6 Å². The molecule has 146 valence electrons. The molecule has 6 rings (SSSR count). The predicted molar refractivity (Wildman–Crippen MR) is 108 cm³/mol. The van der Waals surface area contributed by atoms with Gasteiger partial charge in [0.15, 0.2) is 5.69 Å². The molecule has 1 N–H and O–H groups in total. The number of para-hydroxylation sites is 1. The summed E-state index contributed by atoms with van der Waals surface area (Å²) in [5.41, 5.74) is 4.02. The van der Waals surface area contributed by atoms with E-state index in [2.05, 4.69) is 39.4 Å². The minimum atomic E-state index is -0.0701. The van der Waals surface area contributed by atoms with Gasteiger partial charge in [-0.25, -0.2) is 0 Å². The van der Waals surface area contributed by atoms with E-state index in [1.54, 1.807) is 0 Å². The van der Waals surface area contributed by atoms with Crippen molar-refractivity contribution in [1.29, 1.82) is 0 Å². The number of rotatable bonds is 2. The van der Waals surface area contributed by atoms with E-state index < -0.39 is 0 Å². The molecule has 2 fully saturated rings. The number of benzene rings is 2. The first-order valence-corrected chi connectivity index (χ1v) is 10.3. The molecule has 0 unspecified atom stereocenters. The number of nitrogens with one attached hydrogen (secondary N) is 1. The largest absolute Gasteiger partial charge is 0.334 e.